The first-order chi connectivity index (χ1) is 19.2. The molecule has 12 heteroatoms. The molecular formula is C28H28O12. The van der Waals surface area contributed by atoms with Crippen LogP contribution in [0, 0.1) is 6.92 Å². The number of hydrogen-bond donors (Lipinski definition) is 4. The van der Waals surface area contributed by atoms with Gasteiger partial charge in [-0.25, -0.2) is 4.79 Å². The average molecular weight is 557 g/mol. The molecule has 1 aliphatic heterocycles. The summed E-state index contributed by atoms with van der Waals surface area (Å²) in [4.78, 5) is 25.2. The number of carbonyl (C=O) groups excluding carboxylic acids is 1. The molecule has 3 heterocycles. The van der Waals surface area contributed by atoms with Gasteiger partial charge in [-0.2, -0.15) is 0 Å². The summed E-state index contributed by atoms with van der Waals surface area (Å²) in [6.45, 7) is 0.823. The van der Waals surface area contributed by atoms with E-state index in [9.17, 15) is 30.0 Å². The van der Waals surface area contributed by atoms with Gasteiger partial charge < -0.3 is 47.9 Å². The van der Waals surface area contributed by atoms with E-state index >= 15 is 0 Å². The van der Waals surface area contributed by atoms with E-state index in [-0.39, 0.29) is 46.5 Å². The van der Waals surface area contributed by atoms with Gasteiger partial charge in [-0.05, 0) is 36.2 Å². The number of Topliss-reactive ketones (excluding diaryl/α,β-unsaturated/α-hetero) is 1. The number of hydrogen-bond acceptors (Lipinski definition) is 12. The maximum absolute atomic E-state index is 13.6. The Morgan fingerprint density at radius 2 is 1.80 bits per heavy atom. The predicted octanol–water partition coefficient (Wildman–Crippen LogP) is 2.42. The third-order valence-corrected chi connectivity index (χ3v) is 6.89. The van der Waals surface area contributed by atoms with Gasteiger partial charge in [0.05, 0.1) is 25.5 Å². The van der Waals surface area contributed by atoms with Crippen molar-refractivity contribution in [2.75, 3.05) is 13.7 Å². The van der Waals surface area contributed by atoms with Crippen molar-refractivity contribution in [2.24, 2.45) is 0 Å². The highest BCUT2D eigenvalue weighted by Crippen LogP contribution is 2.41. The highest BCUT2D eigenvalue weighted by Gasteiger charge is 2.45. The fourth-order valence-electron chi connectivity index (χ4n) is 4.73. The van der Waals surface area contributed by atoms with Crippen LogP contribution < -0.4 is 15.3 Å². The number of ether oxygens (including phenoxy) is 3. The molecule has 40 heavy (non-hydrogen) atoms. The van der Waals surface area contributed by atoms with Crippen molar-refractivity contribution in [3.63, 3.8) is 0 Å². The molecule has 12 nitrogen and oxygen atoms in total. The topological polar surface area (TPSA) is 182 Å². The molecule has 1 aliphatic rings. The summed E-state index contributed by atoms with van der Waals surface area (Å²) in [7, 11) is 1.34. The van der Waals surface area contributed by atoms with Gasteiger partial charge in [0.2, 0.25) is 0 Å². The Labute approximate surface area is 226 Å². The first kappa shape index (κ1) is 27.6. The molecule has 1 saturated heterocycles. The second-order valence-corrected chi connectivity index (χ2v) is 9.46. The monoisotopic (exact) mass is 556 g/mol. The van der Waals surface area contributed by atoms with Crippen LogP contribution in [0.2, 0.25) is 0 Å². The molecule has 0 bridgehead atoms. The van der Waals surface area contributed by atoms with Crippen LogP contribution in [-0.4, -0.2) is 64.3 Å². The van der Waals surface area contributed by atoms with Crippen molar-refractivity contribution in [3.8, 4) is 17.4 Å². The fraction of sp³-hybridized carbons (Fsp3) is 0.357. The molecule has 0 amide bonds. The van der Waals surface area contributed by atoms with E-state index in [1.54, 1.807) is 6.26 Å². The number of methoxy groups -OCH3 is 1. The number of rotatable bonds is 9. The zero-order valence-electron chi connectivity index (χ0n) is 21.6. The van der Waals surface area contributed by atoms with Crippen molar-refractivity contribution in [2.45, 2.75) is 50.3 Å². The molecule has 1 fully saturated rings. The number of furan rings is 1. The summed E-state index contributed by atoms with van der Waals surface area (Å²) in [5, 5.41) is 41.8. The number of benzene rings is 2. The van der Waals surface area contributed by atoms with Crippen LogP contribution in [0.25, 0.3) is 11.0 Å². The van der Waals surface area contributed by atoms with Gasteiger partial charge in [0.25, 0.3) is 0 Å². The van der Waals surface area contributed by atoms with E-state index in [4.69, 9.17) is 27.5 Å². The van der Waals surface area contributed by atoms with Gasteiger partial charge >= 0.3 is 11.8 Å². The molecule has 212 valence electrons. The van der Waals surface area contributed by atoms with Gasteiger partial charge in [0.1, 0.15) is 47.6 Å². The SMILES string of the molecule is COc1cc(Oc2oc(=O)oc2C)c(C(=O)CCc2ccc3occc3c2)cc1C1OC(CO)C(O)C(O)C1O. The van der Waals surface area contributed by atoms with E-state index in [1.165, 1.54) is 26.2 Å². The lowest BCUT2D eigenvalue weighted by molar-refractivity contribution is -0.232. The van der Waals surface area contributed by atoms with Gasteiger partial charge in [0, 0.05) is 30.4 Å². The molecule has 0 aliphatic carbocycles. The second-order valence-electron chi connectivity index (χ2n) is 9.46. The summed E-state index contributed by atoms with van der Waals surface area (Å²) in [5.41, 5.74) is 1.83. The molecule has 0 spiro atoms. The number of aliphatic hydroxyl groups is 4. The van der Waals surface area contributed by atoms with Gasteiger partial charge in [0.15, 0.2) is 11.5 Å². The first-order valence-electron chi connectivity index (χ1n) is 12.5. The Morgan fingerprint density at radius 1 is 1.00 bits per heavy atom. The minimum Gasteiger partial charge on any atom is -0.496 e. The highest BCUT2D eigenvalue weighted by molar-refractivity contribution is 5.99. The smallest absolute Gasteiger partial charge is 0.496 e. The minimum atomic E-state index is -1.64. The Hall–Kier alpha value is -3.94. The number of aliphatic hydroxyl groups excluding tert-OH is 4. The maximum Gasteiger partial charge on any atom is 0.521 e. The van der Waals surface area contributed by atoms with E-state index < -0.39 is 42.9 Å². The third-order valence-electron chi connectivity index (χ3n) is 6.89. The van der Waals surface area contributed by atoms with Crippen LogP contribution in [0.5, 0.6) is 17.4 Å². The minimum absolute atomic E-state index is 0.0203. The molecule has 4 aromatic rings. The van der Waals surface area contributed by atoms with Crippen molar-refractivity contribution >= 4 is 16.8 Å². The molecule has 4 N–H and O–H groups in total. The lowest BCUT2D eigenvalue weighted by atomic mass is 9.89. The van der Waals surface area contributed by atoms with Crippen LogP contribution >= 0.6 is 0 Å². The number of ketones is 1. The van der Waals surface area contributed by atoms with Gasteiger partial charge in [-0.3, -0.25) is 4.79 Å². The van der Waals surface area contributed by atoms with Crippen LogP contribution in [0.15, 0.2) is 60.7 Å². The van der Waals surface area contributed by atoms with E-state index in [0.29, 0.717) is 6.42 Å². The van der Waals surface area contributed by atoms with Crippen LogP contribution in [0.3, 0.4) is 0 Å². The third kappa shape index (κ3) is 5.27. The van der Waals surface area contributed by atoms with Crippen LogP contribution in [0.1, 0.15) is 39.8 Å². The number of fused-ring (bicyclic) bond motifs is 1. The molecule has 5 atom stereocenters. The maximum atomic E-state index is 13.6. The highest BCUT2D eigenvalue weighted by atomic mass is 16.7. The van der Waals surface area contributed by atoms with Gasteiger partial charge in [-0.1, -0.05) is 6.07 Å². The normalized spacial score (nSPS) is 22.9. The Balaban J connectivity index is 1.52. The van der Waals surface area contributed by atoms with Crippen molar-refractivity contribution in [1.82, 2.24) is 0 Å². The zero-order valence-corrected chi connectivity index (χ0v) is 21.6. The molecule has 0 saturated carbocycles. The molecule has 5 rings (SSSR count). The number of carbonyl (C=O) groups is 1. The standard InChI is InChI=1S/C28H28O12/c1-13-27(40-28(34)37-13)39-21-11-20(35-2)17(26-25(33)24(32)23(31)22(12-29)38-26)10-16(21)18(30)5-3-14-4-6-19-15(9-14)7-8-36-19/h4,6-11,22-26,29,31-33H,3,5,12H2,1-2H3. The van der Waals surface area contributed by atoms with E-state index in [1.807, 2.05) is 24.3 Å². The average Bonchev–Trinajstić information content (AvgIpc) is 3.55. The van der Waals surface area contributed by atoms with Crippen LogP contribution in [0.4, 0.5) is 0 Å². The van der Waals surface area contributed by atoms with Crippen molar-refractivity contribution in [3.05, 3.63) is 75.7 Å². The Bertz CT molecular complexity index is 1560. The predicted molar refractivity (Wildman–Crippen MR) is 137 cm³/mol. The molecule has 5 unspecified atom stereocenters. The second kappa shape index (κ2) is 11.3. The van der Waals surface area contributed by atoms with Gasteiger partial charge in [-0.15, -0.1) is 0 Å². The molecule has 2 aromatic carbocycles. The lowest BCUT2D eigenvalue weighted by Gasteiger charge is -2.40. The molecule has 2 aromatic heterocycles. The van der Waals surface area contributed by atoms with Crippen molar-refractivity contribution < 1.29 is 52.7 Å². The van der Waals surface area contributed by atoms with E-state index in [2.05, 4.69) is 0 Å². The summed E-state index contributed by atoms with van der Waals surface area (Å²) in [6.07, 6.45) is -5.27. The van der Waals surface area contributed by atoms with Crippen molar-refractivity contribution in [1.29, 1.82) is 0 Å². The quantitative estimate of drug-likeness (QED) is 0.221. The van der Waals surface area contributed by atoms with Crippen LogP contribution in [-0.2, 0) is 11.2 Å². The summed E-state index contributed by atoms with van der Waals surface area (Å²) >= 11 is 0. The molecular weight excluding hydrogens is 528 g/mol. The number of aryl methyl sites for hydroxylation is 2. The summed E-state index contributed by atoms with van der Waals surface area (Å²) in [6, 6.07) is 10.2. The van der Waals surface area contributed by atoms with E-state index in [0.717, 1.165) is 16.5 Å². The zero-order chi connectivity index (χ0) is 28.6. The summed E-state index contributed by atoms with van der Waals surface area (Å²) < 4.78 is 32.1. The Morgan fingerprint density at radius 3 is 2.50 bits per heavy atom. The largest absolute Gasteiger partial charge is 0.521 e. The Kier molecular flexibility index (Phi) is 7.79. The molecule has 0 radical (unpaired) electrons. The fourth-order valence-corrected chi connectivity index (χ4v) is 4.73. The summed E-state index contributed by atoms with van der Waals surface area (Å²) in [5.74, 6) is -1.47. The first-order valence-corrected chi connectivity index (χ1v) is 12.5. The lowest BCUT2D eigenvalue weighted by Crippen LogP contribution is -2.55.